The van der Waals surface area contributed by atoms with E-state index >= 15 is 0 Å². The molecule has 3 nitrogen and oxygen atoms in total. The summed E-state index contributed by atoms with van der Waals surface area (Å²) in [7, 11) is 0. The lowest BCUT2D eigenvalue weighted by atomic mass is 10.1. The molecule has 1 fully saturated rings. The zero-order valence-electron chi connectivity index (χ0n) is 10.7. The third-order valence-electron chi connectivity index (χ3n) is 3.18. The summed E-state index contributed by atoms with van der Waals surface area (Å²) in [5.74, 6) is -0.218. The van der Waals surface area contributed by atoms with Crippen LogP contribution in [0.5, 0.6) is 0 Å². The Kier molecular flexibility index (Phi) is 3.48. The maximum absolute atomic E-state index is 13.0. The van der Waals surface area contributed by atoms with Gasteiger partial charge in [0.1, 0.15) is 5.82 Å². The molecule has 1 aliphatic rings. The minimum atomic E-state index is -0.218. The van der Waals surface area contributed by atoms with Gasteiger partial charge >= 0.3 is 0 Å². The van der Waals surface area contributed by atoms with Gasteiger partial charge in [-0.15, -0.1) is 11.3 Å². The number of ether oxygens (including phenoxy) is 1. The summed E-state index contributed by atoms with van der Waals surface area (Å²) in [5.41, 5.74) is 1.92. The van der Waals surface area contributed by atoms with Crippen molar-refractivity contribution in [3.05, 3.63) is 35.0 Å². The van der Waals surface area contributed by atoms with Gasteiger partial charge in [-0.2, -0.15) is 0 Å². The number of hydrogen-bond donors (Lipinski definition) is 0. The zero-order valence-corrected chi connectivity index (χ0v) is 11.5. The van der Waals surface area contributed by atoms with Crippen molar-refractivity contribution in [2.75, 3.05) is 31.2 Å². The number of aryl methyl sites for hydroxylation is 1. The summed E-state index contributed by atoms with van der Waals surface area (Å²) >= 11 is 1.69. The lowest BCUT2D eigenvalue weighted by Crippen LogP contribution is -2.36. The lowest BCUT2D eigenvalue weighted by Gasteiger charge is -2.26. The van der Waals surface area contributed by atoms with Gasteiger partial charge in [-0.1, -0.05) is 0 Å². The number of morpholine rings is 1. The summed E-state index contributed by atoms with van der Waals surface area (Å²) in [5, 5.41) is 1.03. The molecule has 0 atom stereocenters. The Labute approximate surface area is 115 Å². The van der Waals surface area contributed by atoms with Crippen LogP contribution < -0.4 is 4.90 Å². The van der Waals surface area contributed by atoms with Gasteiger partial charge in [0.15, 0.2) is 5.13 Å². The van der Waals surface area contributed by atoms with Crippen LogP contribution in [0, 0.1) is 12.7 Å². The normalized spacial score (nSPS) is 15.8. The Morgan fingerprint density at radius 1 is 1.21 bits per heavy atom. The number of anilines is 1. The second-order valence-corrected chi connectivity index (χ2v) is 5.69. The minimum absolute atomic E-state index is 0.218. The van der Waals surface area contributed by atoms with Crippen molar-refractivity contribution in [2.24, 2.45) is 0 Å². The highest BCUT2D eigenvalue weighted by atomic mass is 32.1. The Morgan fingerprint density at radius 2 is 1.89 bits per heavy atom. The van der Waals surface area contributed by atoms with Crippen molar-refractivity contribution < 1.29 is 9.13 Å². The van der Waals surface area contributed by atoms with Crippen molar-refractivity contribution in [2.45, 2.75) is 6.92 Å². The number of thiazole rings is 1. The topological polar surface area (TPSA) is 25.4 Å². The highest BCUT2D eigenvalue weighted by molar-refractivity contribution is 7.16. The van der Waals surface area contributed by atoms with E-state index in [-0.39, 0.29) is 5.82 Å². The van der Waals surface area contributed by atoms with E-state index in [2.05, 4.69) is 11.8 Å². The quantitative estimate of drug-likeness (QED) is 0.844. The first-order chi connectivity index (χ1) is 9.24. The Balaban J connectivity index is 1.90. The zero-order chi connectivity index (χ0) is 13.2. The number of aromatic nitrogens is 1. The molecule has 1 aliphatic heterocycles. The van der Waals surface area contributed by atoms with Gasteiger partial charge in [0.2, 0.25) is 0 Å². The van der Waals surface area contributed by atoms with Crippen molar-refractivity contribution in [1.82, 2.24) is 4.98 Å². The predicted octanol–water partition coefficient (Wildman–Crippen LogP) is 3.09. The molecule has 0 amide bonds. The van der Waals surface area contributed by atoms with E-state index in [1.807, 2.05) is 0 Å². The summed E-state index contributed by atoms with van der Waals surface area (Å²) in [6.45, 7) is 5.33. The third kappa shape index (κ3) is 2.62. The maximum atomic E-state index is 13.0. The van der Waals surface area contributed by atoms with Crippen LogP contribution in [0.1, 0.15) is 4.88 Å². The molecule has 1 saturated heterocycles. The Morgan fingerprint density at radius 3 is 2.58 bits per heavy atom. The molecule has 0 bridgehead atoms. The summed E-state index contributed by atoms with van der Waals surface area (Å²) in [6, 6.07) is 6.51. The molecule has 0 spiro atoms. The van der Waals surface area contributed by atoms with Crippen LogP contribution in [0.2, 0.25) is 0 Å². The highest BCUT2D eigenvalue weighted by Crippen LogP contribution is 2.32. The molecular formula is C14H15FN2OS. The molecule has 19 heavy (non-hydrogen) atoms. The molecule has 2 heterocycles. The molecule has 100 valence electrons. The Hall–Kier alpha value is -1.46. The van der Waals surface area contributed by atoms with E-state index in [0.717, 1.165) is 47.6 Å². The first kappa shape index (κ1) is 12.6. The van der Waals surface area contributed by atoms with Crippen LogP contribution in [0.4, 0.5) is 9.52 Å². The molecule has 1 aromatic heterocycles. The van der Waals surface area contributed by atoms with E-state index < -0.39 is 0 Å². The second-order valence-electron chi connectivity index (χ2n) is 4.51. The number of hydrogen-bond acceptors (Lipinski definition) is 4. The van der Waals surface area contributed by atoms with Crippen LogP contribution in [-0.2, 0) is 4.74 Å². The largest absolute Gasteiger partial charge is 0.378 e. The van der Waals surface area contributed by atoms with Gasteiger partial charge in [0.05, 0.1) is 18.9 Å². The van der Waals surface area contributed by atoms with Gasteiger partial charge in [0.25, 0.3) is 0 Å². The van der Waals surface area contributed by atoms with E-state index in [4.69, 9.17) is 9.72 Å². The van der Waals surface area contributed by atoms with E-state index in [1.54, 1.807) is 23.5 Å². The third-order valence-corrected chi connectivity index (χ3v) is 4.22. The molecule has 0 radical (unpaired) electrons. The fourth-order valence-electron chi connectivity index (χ4n) is 2.15. The SMILES string of the molecule is Cc1sc(N2CCOCC2)nc1-c1ccc(F)cc1. The van der Waals surface area contributed by atoms with Gasteiger partial charge in [-0.3, -0.25) is 0 Å². The van der Waals surface area contributed by atoms with Crippen molar-refractivity contribution in [3.63, 3.8) is 0 Å². The van der Waals surface area contributed by atoms with Crippen LogP contribution in [-0.4, -0.2) is 31.3 Å². The molecule has 3 rings (SSSR count). The fraction of sp³-hybridized carbons (Fsp3) is 0.357. The van der Waals surface area contributed by atoms with E-state index in [1.165, 1.54) is 12.1 Å². The molecule has 1 aromatic carbocycles. The summed E-state index contributed by atoms with van der Waals surface area (Å²) < 4.78 is 18.3. The molecule has 0 aliphatic carbocycles. The minimum Gasteiger partial charge on any atom is -0.378 e. The standard InChI is InChI=1S/C14H15FN2OS/c1-10-13(11-2-4-12(15)5-3-11)16-14(19-10)17-6-8-18-9-7-17/h2-5H,6-9H2,1H3. The number of rotatable bonds is 2. The average Bonchev–Trinajstić information content (AvgIpc) is 2.83. The first-order valence-corrected chi connectivity index (χ1v) is 7.12. The van der Waals surface area contributed by atoms with Crippen LogP contribution >= 0.6 is 11.3 Å². The van der Waals surface area contributed by atoms with Gasteiger partial charge in [0, 0.05) is 23.5 Å². The molecule has 0 unspecified atom stereocenters. The summed E-state index contributed by atoms with van der Waals surface area (Å²) in [4.78, 5) is 8.10. The van der Waals surface area contributed by atoms with Gasteiger partial charge < -0.3 is 9.64 Å². The molecule has 2 aromatic rings. The average molecular weight is 278 g/mol. The number of halogens is 1. The molecule has 5 heteroatoms. The predicted molar refractivity (Wildman–Crippen MR) is 75.3 cm³/mol. The highest BCUT2D eigenvalue weighted by Gasteiger charge is 2.17. The molecule has 0 saturated carbocycles. The van der Waals surface area contributed by atoms with Crippen molar-refractivity contribution >= 4 is 16.5 Å². The fourth-order valence-corrected chi connectivity index (χ4v) is 3.13. The monoisotopic (exact) mass is 278 g/mol. The lowest BCUT2D eigenvalue weighted by molar-refractivity contribution is 0.122. The Bertz CT molecular complexity index is 561. The second kappa shape index (κ2) is 5.27. The smallest absolute Gasteiger partial charge is 0.186 e. The van der Waals surface area contributed by atoms with Crippen LogP contribution in [0.3, 0.4) is 0 Å². The van der Waals surface area contributed by atoms with E-state index in [0.29, 0.717) is 0 Å². The van der Waals surface area contributed by atoms with Gasteiger partial charge in [-0.25, -0.2) is 9.37 Å². The van der Waals surface area contributed by atoms with Crippen LogP contribution in [0.15, 0.2) is 24.3 Å². The molecular weight excluding hydrogens is 263 g/mol. The number of benzene rings is 1. The molecule has 0 N–H and O–H groups in total. The van der Waals surface area contributed by atoms with Gasteiger partial charge in [-0.05, 0) is 31.2 Å². The van der Waals surface area contributed by atoms with Crippen molar-refractivity contribution in [1.29, 1.82) is 0 Å². The summed E-state index contributed by atoms with van der Waals surface area (Å²) in [6.07, 6.45) is 0. The first-order valence-electron chi connectivity index (χ1n) is 6.30. The number of nitrogens with zero attached hydrogens (tertiary/aromatic N) is 2. The maximum Gasteiger partial charge on any atom is 0.186 e. The van der Waals surface area contributed by atoms with E-state index in [9.17, 15) is 4.39 Å². The van der Waals surface area contributed by atoms with Crippen molar-refractivity contribution in [3.8, 4) is 11.3 Å². The van der Waals surface area contributed by atoms with Crippen LogP contribution in [0.25, 0.3) is 11.3 Å².